The predicted molar refractivity (Wildman–Crippen MR) is 87.1 cm³/mol. The third kappa shape index (κ3) is 3.54. The highest BCUT2D eigenvalue weighted by molar-refractivity contribution is 5.65. The molecule has 0 saturated heterocycles. The Morgan fingerprint density at radius 1 is 1.17 bits per heavy atom. The number of hydrogen-bond acceptors (Lipinski definition) is 3. The summed E-state index contributed by atoms with van der Waals surface area (Å²) in [7, 11) is 0. The van der Waals surface area contributed by atoms with Gasteiger partial charge in [-0.15, -0.1) is 0 Å². The van der Waals surface area contributed by atoms with Crippen LogP contribution in [-0.2, 0) is 6.67 Å². The van der Waals surface area contributed by atoms with E-state index in [0.29, 0.717) is 6.67 Å². The van der Waals surface area contributed by atoms with Gasteiger partial charge in [-0.2, -0.15) is 0 Å². The molecule has 2 heterocycles. The van der Waals surface area contributed by atoms with Crippen molar-refractivity contribution < 1.29 is 9.82 Å². The maximum atomic E-state index is 11.9. The van der Waals surface area contributed by atoms with E-state index in [1.165, 1.54) is 38.9 Å². The van der Waals surface area contributed by atoms with Crippen LogP contribution >= 0.6 is 0 Å². The van der Waals surface area contributed by atoms with Crippen LogP contribution in [0.4, 0.5) is 5.69 Å². The first-order chi connectivity index (χ1) is 11.1. The molecule has 0 spiro atoms. The highest BCUT2D eigenvalue weighted by Crippen LogP contribution is 2.17. The van der Waals surface area contributed by atoms with Gasteiger partial charge in [0.2, 0.25) is 0 Å². The van der Waals surface area contributed by atoms with E-state index in [9.17, 15) is 14.9 Å². The van der Waals surface area contributed by atoms with Crippen molar-refractivity contribution in [2.24, 2.45) is 0 Å². The van der Waals surface area contributed by atoms with E-state index >= 15 is 0 Å². The topological polar surface area (TPSA) is 69.6 Å². The quantitative estimate of drug-likeness (QED) is 0.678. The lowest BCUT2D eigenvalue weighted by atomic mass is 10.00. The summed E-state index contributed by atoms with van der Waals surface area (Å²) in [6.07, 6.45) is 4.45. The van der Waals surface area contributed by atoms with Crippen LogP contribution in [0.15, 0.2) is 59.5 Å². The van der Waals surface area contributed by atoms with Crippen molar-refractivity contribution in [3.05, 3.63) is 80.8 Å². The van der Waals surface area contributed by atoms with Crippen molar-refractivity contribution in [3.63, 3.8) is 0 Å². The summed E-state index contributed by atoms with van der Waals surface area (Å²) in [6, 6.07) is 12.8. The van der Waals surface area contributed by atoms with Crippen LogP contribution in [0.5, 0.6) is 0 Å². The zero-order valence-electron chi connectivity index (χ0n) is 12.6. The van der Waals surface area contributed by atoms with E-state index in [1.54, 1.807) is 0 Å². The first-order valence-corrected chi connectivity index (χ1v) is 7.56. The summed E-state index contributed by atoms with van der Waals surface area (Å²) in [5, 5.41) is 10.8. The maximum Gasteiger partial charge on any atom is 0.285 e. The van der Waals surface area contributed by atoms with Gasteiger partial charge in [-0.25, -0.2) is 0 Å². The summed E-state index contributed by atoms with van der Waals surface area (Å²) in [5.41, 5.74) is 2.29. The van der Waals surface area contributed by atoms with Crippen LogP contribution in [0, 0.1) is 10.1 Å². The van der Waals surface area contributed by atoms with E-state index in [-0.39, 0.29) is 11.2 Å². The average molecular weight is 312 g/mol. The molecule has 0 amide bonds. The van der Waals surface area contributed by atoms with E-state index in [0.717, 1.165) is 19.5 Å². The van der Waals surface area contributed by atoms with Gasteiger partial charge in [-0.05, 0) is 17.2 Å². The summed E-state index contributed by atoms with van der Waals surface area (Å²) >= 11 is 0. The van der Waals surface area contributed by atoms with Crippen molar-refractivity contribution >= 4 is 11.3 Å². The molecular formula is C17H18N3O3+. The Bertz CT molecular complexity index is 796. The highest BCUT2D eigenvalue weighted by Gasteiger charge is 2.17. The second-order valence-electron chi connectivity index (χ2n) is 5.66. The molecule has 1 aliphatic rings. The van der Waals surface area contributed by atoms with E-state index < -0.39 is 4.92 Å². The van der Waals surface area contributed by atoms with Crippen LogP contribution in [0.25, 0.3) is 5.57 Å². The Hall–Kier alpha value is -2.73. The minimum Gasteiger partial charge on any atom is -0.314 e. The molecule has 1 unspecified atom stereocenters. The number of pyridine rings is 1. The summed E-state index contributed by atoms with van der Waals surface area (Å²) in [6.45, 7) is 2.15. The molecule has 23 heavy (non-hydrogen) atoms. The maximum absolute atomic E-state index is 11.9. The first-order valence-electron chi connectivity index (χ1n) is 7.56. The SMILES string of the molecule is O=c1ccc([N+](=O)[O-])cn1C[NH+]1CC=C(c2ccccc2)CC1. The molecule has 0 saturated carbocycles. The molecule has 1 aliphatic heterocycles. The zero-order valence-corrected chi connectivity index (χ0v) is 12.6. The third-order valence-corrected chi connectivity index (χ3v) is 4.10. The lowest BCUT2D eigenvalue weighted by Crippen LogP contribution is -3.12. The van der Waals surface area contributed by atoms with E-state index in [4.69, 9.17) is 0 Å². The zero-order chi connectivity index (χ0) is 16.2. The highest BCUT2D eigenvalue weighted by atomic mass is 16.6. The number of rotatable bonds is 4. The molecule has 6 heteroatoms. The monoisotopic (exact) mass is 312 g/mol. The molecule has 6 nitrogen and oxygen atoms in total. The summed E-state index contributed by atoms with van der Waals surface area (Å²) in [5.74, 6) is 0. The molecule has 3 rings (SSSR count). The van der Waals surface area contributed by atoms with Gasteiger partial charge in [-0.1, -0.05) is 30.3 Å². The Morgan fingerprint density at radius 3 is 2.61 bits per heavy atom. The smallest absolute Gasteiger partial charge is 0.285 e. The van der Waals surface area contributed by atoms with Crippen LogP contribution in [0.3, 0.4) is 0 Å². The Kier molecular flexibility index (Phi) is 4.34. The molecule has 1 aromatic carbocycles. The van der Waals surface area contributed by atoms with E-state index in [2.05, 4.69) is 18.2 Å². The lowest BCUT2D eigenvalue weighted by Gasteiger charge is -2.24. The second-order valence-corrected chi connectivity index (χ2v) is 5.66. The summed E-state index contributed by atoms with van der Waals surface area (Å²) < 4.78 is 1.43. The molecule has 0 aliphatic carbocycles. The molecule has 1 N–H and O–H groups in total. The fourth-order valence-electron chi connectivity index (χ4n) is 2.83. The Labute approximate surface area is 133 Å². The number of benzene rings is 1. The standard InChI is InChI=1S/C17H17N3O3/c21-17-7-6-16(20(22)23)12-19(17)13-18-10-8-15(9-11-18)14-4-2-1-3-5-14/h1-8,12H,9-11,13H2/p+1. The van der Waals surface area contributed by atoms with Gasteiger partial charge in [0.1, 0.15) is 0 Å². The number of quaternary nitrogens is 1. The third-order valence-electron chi connectivity index (χ3n) is 4.10. The summed E-state index contributed by atoms with van der Waals surface area (Å²) in [4.78, 5) is 23.4. The Morgan fingerprint density at radius 2 is 1.96 bits per heavy atom. The van der Waals surface area contributed by atoms with Crippen molar-refractivity contribution in [2.45, 2.75) is 13.1 Å². The molecule has 0 bridgehead atoms. The number of aromatic nitrogens is 1. The van der Waals surface area contributed by atoms with Gasteiger partial charge >= 0.3 is 0 Å². The van der Waals surface area contributed by atoms with Gasteiger partial charge in [0.05, 0.1) is 24.2 Å². The number of nitrogens with zero attached hydrogens (tertiary/aromatic N) is 2. The van der Waals surface area contributed by atoms with Crippen LogP contribution < -0.4 is 10.5 Å². The largest absolute Gasteiger partial charge is 0.314 e. The molecule has 118 valence electrons. The molecular weight excluding hydrogens is 294 g/mol. The number of hydrogen-bond donors (Lipinski definition) is 1. The van der Waals surface area contributed by atoms with Crippen molar-refractivity contribution in [1.29, 1.82) is 0 Å². The minimum absolute atomic E-state index is 0.0541. The number of nitrogens with one attached hydrogen (secondary N) is 1. The molecule has 0 fully saturated rings. The van der Waals surface area contributed by atoms with E-state index in [1.807, 2.05) is 18.2 Å². The molecule has 0 radical (unpaired) electrons. The molecule has 1 atom stereocenters. The predicted octanol–water partition coefficient (Wildman–Crippen LogP) is 1.09. The second kappa shape index (κ2) is 6.58. The van der Waals surface area contributed by atoms with Crippen molar-refractivity contribution in [3.8, 4) is 0 Å². The van der Waals surface area contributed by atoms with Gasteiger partial charge in [-0.3, -0.25) is 19.5 Å². The van der Waals surface area contributed by atoms with Gasteiger partial charge in [0, 0.05) is 18.6 Å². The number of nitro groups is 1. The van der Waals surface area contributed by atoms with Gasteiger partial charge < -0.3 is 4.90 Å². The van der Waals surface area contributed by atoms with Gasteiger partial charge in [0.15, 0.2) is 6.67 Å². The minimum atomic E-state index is -0.477. The van der Waals surface area contributed by atoms with Crippen molar-refractivity contribution in [1.82, 2.24) is 4.57 Å². The average Bonchev–Trinajstić information content (AvgIpc) is 2.58. The fraction of sp³-hybridized carbons (Fsp3) is 0.235. The molecule has 1 aromatic heterocycles. The van der Waals surface area contributed by atoms with Crippen LogP contribution in [-0.4, -0.2) is 22.6 Å². The van der Waals surface area contributed by atoms with Crippen molar-refractivity contribution in [2.75, 3.05) is 13.1 Å². The van der Waals surface area contributed by atoms with Crippen LogP contribution in [0.1, 0.15) is 12.0 Å². The first kappa shape index (κ1) is 15.2. The lowest BCUT2D eigenvalue weighted by molar-refractivity contribution is -0.918. The van der Waals surface area contributed by atoms with Gasteiger partial charge in [0.25, 0.3) is 11.2 Å². The van der Waals surface area contributed by atoms with Crippen LogP contribution in [0.2, 0.25) is 0 Å². The molecule has 2 aromatic rings. The fourth-order valence-corrected chi connectivity index (χ4v) is 2.83. The normalized spacial score (nSPS) is 17.6. The Balaban J connectivity index is 1.72.